The van der Waals surface area contributed by atoms with Crippen LogP contribution in [0.5, 0.6) is 0 Å². The van der Waals surface area contributed by atoms with Crippen LogP contribution in [0.15, 0.2) is 36.5 Å². The van der Waals surface area contributed by atoms with Crippen molar-refractivity contribution in [3.63, 3.8) is 0 Å². The van der Waals surface area contributed by atoms with Gasteiger partial charge in [0.1, 0.15) is 17.3 Å². The minimum Gasteiger partial charge on any atom is -0.442 e. The largest absolute Gasteiger partial charge is 0.442 e. The number of carbonyl (C=O) groups excluding carboxylic acids is 2. The lowest BCUT2D eigenvalue weighted by atomic mass is 9.90. The number of fused-ring (bicyclic) bond motifs is 1. The molecule has 2 aromatic rings. The molecule has 9 nitrogen and oxygen atoms in total. The maximum Gasteiger partial charge on any atom is 0.414 e. The normalized spacial score (nSPS) is 28.7. The first-order chi connectivity index (χ1) is 16.2. The van der Waals surface area contributed by atoms with E-state index in [4.69, 9.17) is 4.74 Å². The number of nitriles is 1. The van der Waals surface area contributed by atoms with E-state index < -0.39 is 33.3 Å². The van der Waals surface area contributed by atoms with Gasteiger partial charge in [0, 0.05) is 36.1 Å². The summed E-state index contributed by atoms with van der Waals surface area (Å²) in [6.45, 7) is 1.68. The van der Waals surface area contributed by atoms with Crippen molar-refractivity contribution in [1.29, 1.82) is 5.26 Å². The molecule has 0 spiro atoms. The lowest BCUT2D eigenvalue weighted by Crippen LogP contribution is -2.33. The number of hydrogen-bond donors (Lipinski definition) is 1. The summed E-state index contributed by atoms with van der Waals surface area (Å²) in [5, 5.41) is 12.6. The molecule has 1 saturated carbocycles. The van der Waals surface area contributed by atoms with E-state index in [-0.39, 0.29) is 47.9 Å². The van der Waals surface area contributed by atoms with Crippen LogP contribution >= 0.6 is 0 Å². The number of hydrogen-bond acceptors (Lipinski definition) is 7. The molecule has 34 heavy (non-hydrogen) atoms. The average Bonchev–Trinajstić information content (AvgIpc) is 3.05. The SMILES string of the molecule is CC(=O)NC[C@H]1CN(c2ccc(-c3cccnc3C3(C#N)[C@H]4CS(=O)(=O)C[C@@H]43)c(F)c2)C(=O)O1. The molecule has 176 valence electrons. The third-order valence-corrected chi connectivity index (χ3v) is 8.54. The third kappa shape index (κ3) is 3.49. The van der Waals surface area contributed by atoms with Gasteiger partial charge >= 0.3 is 6.09 Å². The minimum absolute atomic E-state index is 0.0701. The first-order valence-corrected chi connectivity index (χ1v) is 12.6. The quantitative estimate of drug-likeness (QED) is 0.685. The van der Waals surface area contributed by atoms with Gasteiger partial charge in [-0.05, 0) is 24.3 Å². The molecule has 1 aromatic heterocycles. The Morgan fingerprint density at radius 3 is 2.71 bits per heavy atom. The fourth-order valence-corrected chi connectivity index (χ4v) is 7.38. The van der Waals surface area contributed by atoms with E-state index in [1.807, 2.05) is 0 Å². The van der Waals surface area contributed by atoms with Gasteiger partial charge in [0.2, 0.25) is 5.91 Å². The second-order valence-electron chi connectivity index (χ2n) is 8.89. The highest BCUT2D eigenvalue weighted by molar-refractivity contribution is 7.91. The first kappa shape index (κ1) is 22.3. The number of ether oxygens (including phenoxy) is 1. The molecule has 3 aliphatic rings. The van der Waals surface area contributed by atoms with Crippen molar-refractivity contribution in [2.75, 3.05) is 29.5 Å². The van der Waals surface area contributed by atoms with Gasteiger partial charge in [-0.2, -0.15) is 5.26 Å². The Hall–Kier alpha value is -3.52. The Morgan fingerprint density at radius 2 is 2.06 bits per heavy atom. The molecule has 11 heteroatoms. The van der Waals surface area contributed by atoms with E-state index in [1.54, 1.807) is 18.2 Å². The Morgan fingerprint density at radius 1 is 1.32 bits per heavy atom. The van der Waals surface area contributed by atoms with Crippen LogP contribution in [0.4, 0.5) is 14.9 Å². The van der Waals surface area contributed by atoms with E-state index in [2.05, 4.69) is 16.4 Å². The lowest BCUT2D eigenvalue weighted by Gasteiger charge is -2.18. The molecular formula is C23H21FN4O5S. The molecule has 2 saturated heterocycles. The third-order valence-electron chi connectivity index (χ3n) is 6.81. The highest BCUT2D eigenvalue weighted by atomic mass is 32.2. The van der Waals surface area contributed by atoms with Crippen LogP contribution in [0.3, 0.4) is 0 Å². The van der Waals surface area contributed by atoms with Gasteiger partial charge in [0.05, 0.1) is 42.0 Å². The van der Waals surface area contributed by atoms with E-state index >= 15 is 4.39 Å². The smallest absolute Gasteiger partial charge is 0.414 e. The second-order valence-corrected chi connectivity index (χ2v) is 11.0. The molecule has 1 N–H and O–H groups in total. The van der Waals surface area contributed by atoms with Crippen LogP contribution < -0.4 is 10.2 Å². The number of benzene rings is 1. The topological polar surface area (TPSA) is 129 Å². The molecule has 2 aliphatic heterocycles. The summed E-state index contributed by atoms with van der Waals surface area (Å²) in [7, 11) is -3.18. The van der Waals surface area contributed by atoms with Crippen LogP contribution in [0.2, 0.25) is 0 Å². The first-order valence-electron chi connectivity index (χ1n) is 10.8. The van der Waals surface area contributed by atoms with Crippen molar-refractivity contribution < 1.29 is 27.1 Å². The van der Waals surface area contributed by atoms with Crippen molar-refractivity contribution >= 4 is 27.5 Å². The molecular weight excluding hydrogens is 463 g/mol. The zero-order valence-electron chi connectivity index (χ0n) is 18.2. The van der Waals surface area contributed by atoms with Gasteiger partial charge in [-0.15, -0.1) is 0 Å². The fraction of sp³-hybridized carbons (Fsp3) is 0.391. The van der Waals surface area contributed by atoms with E-state index in [1.165, 1.54) is 30.2 Å². The number of halogens is 1. The number of pyridine rings is 1. The molecule has 0 bridgehead atoms. The van der Waals surface area contributed by atoms with Crippen molar-refractivity contribution in [3.8, 4) is 17.2 Å². The van der Waals surface area contributed by atoms with Gasteiger partial charge in [-0.3, -0.25) is 14.7 Å². The summed E-state index contributed by atoms with van der Waals surface area (Å²) in [6, 6.07) is 9.88. The molecule has 3 atom stereocenters. The number of amides is 2. The number of carbonyl (C=O) groups is 2. The summed E-state index contributed by atoms with van der Waals surface area (Å²) in [6.07, 6.45) is 0.326. The molecule has 0 unspecified atom stereocenters. The monoisotopic (exact) mass is 484 g/mol. The number of nitrogens with one attached hydrogen (secondary N) is 1. The number of sulfone groups is 1. The van der Waals surface area contributed by atoms with E-state index in [0.717, 1.165) is 0 Å². The number of aromatic nitrogens is 1. The summed E-state index contributed by atoms with van der Waals surface area (Å²) < 4.78 is 44.5. The standard InChI is InChI=1S/C23H21FN4O5S/c1-13(29)27-8-15-9-28(22(30)33-15)14-4-5-16(20(24)7-14)17-3-2-6-26-21(17)23(12-25)18-10-34(31,32)11-19(18)23/h2-7,15,18-19H,8-11H2,1H3,(H,27,29)/t15-,18-,19-/m0/s1. The predicted octanol–water partition coefficient (Wildman–Crippen LogP) is 1.78. The van der Waals surface area contributed by atoms with Crippen LogP contribution in [0, 0.1) is 29.0 Å². The summed E-state index contributed by atoms with van der Waals surface area (Å²) in [5.74, 6) is -1.70. The Kier molecular flexibility index (Phi) is 5.09. The number of cyclic esters (lactones) is 1. The molecule has 5 rings (SSSR count). The van der Waals surface area contributed by atoms with Crippen LogP contribution in [0.1, 0.15) is 12.6 Å². The molecule has 3 heterocycles. The van der Waals surface area contributed by atoms with Crippen molar-refractivity contribution in [2.45, 2.75) is 18.4 Å². The van der Waals surface area contributed by atoms with E-state index in [0.29, 0.717) is 16.9 Å². The van der Waals surface area contributed by atoms with Crippen LogP contribution in [-0.2, 0) is 24.8 Å². The van der Waals surface area contributed by atoms with Gasteiger partial charge in [0.25, 0.3) is 0 Å². The van der Waals surface area contributed by atoms with Crippen molar-refractivity contribution in [1.82, 2.24) is 10.3 Å². The van der Waals surface area contributed by atoms with E-state index in [9.17, 15) is 23.3 Å². The van der Waals surface area contributed by atoms with Gasteiger partial charge in [0.15, 0.2) is 9.84 Å². The maximum absolute atomic E-state index is 15.3. The minimum atomic E-state index is -3.18. The van der Waals surface area contributed by atoms with Crippen molar-refractivity contribution in [2.24, 2.45) is 11.8 Å². The fourth-order valence-electron chi connectivity index (χ4n) is 5.16. The van der Waals surface area contributed by atoms with Crippen LogP contribution in [0.25, 0.3) is 11.1 Å². The predicted molar refractivity (Wildman–Crippen MR) is 119 cm³/mol. The molecule has 1 aliphatic carbocycles. The van der Waals surface area contributed by atoms with Crippen LogP contribution in [-0.4, -0.2) is 56.1 Å². The Labute approximate surface area is 195 Å². The highest BCUT2D eigenvalue weighted by Crippen LogP contribution is 2.64. The number of rotatable bonds is 5. The zero-order valence-corrected chi connectivity index (χ0v) is 19.0. The average molecular weight is 485 g/mol. The molecule has 2 amide bonds. The molecule has 0 radical (unpaired) electrons. The van der Waals surface area contributed by atoms with Gasteiger partial charge < -0.3 is 10.1 Å². The maximum atomic E-state index is 15.3. The molecule has 1 aromatic carbocycles. The lowest BCUT2D eigenvalue weighted by molar-refractivity contribution is -0.119. The van der Waals surface area contributed by atoms with Crippen molar-refractivity contribution in [3.05, 3.63) is 48.0 Å². The number of nitrogens with zero attached hydrogens (tertiary/aromatic N) is 3. The van der Waals surface area contributed by atoms with Gasteiger partial charge in [-0.1, -0.05) is 6.07 Å². The van der Waals surface area contributed by atoms with Gasteiger partial charge in [-0.25, -0.2) is 17.6 Å². The number of anilines is 1. The zero-order chi connectivity index (χ0) is 24.3. The summed E-state index contributed by atoms with van der Waals surface area (Å²) in [5.41, 5.74) is 0.253. The second kappa shape index (κ2) is 7.77. The molecule has 3 fully saturated rings. The summed E-state index contributed by atoms with van der Waals surface area (Å²) in [4.78, 5) is 29.0. The summed E-state index contributed by atoms with van der Waals surface area (Å²) >= 11 is 0. The Bertz CT molecular complexity index is 1340. The highest BCUT2D eigenvalue weighted by Gasteiger charge is 2.73. The Balaban J connectivity index is 1.44.